The molecule has 0 amide bonds. The standard InChI is InChI=1S/C17H16FN3/c1-20-9-13-10-21-17(19)16-8-12(5-6-15(13)16)11-3-2-4-14(18)7-11/h2-8,10,20H,9H2,1H3,(H2,19,21). The molecule has 0 aliphatic carbocycles. The van der Waals surface area contributed by atoms with Gasteiger partial charge < -0.3 is 11.1 Å². The van der Waals surface area contributed by atoms with Crippen molar-refractivity contribution in [3.8, 4) is 11.1 Å². The van der Waals surface area contributed by atoms with Crippen molar-refractivity contribution in [2.45, 2.75) is 6.54 Å². The first kappa shape index (κ1) is 13.5. The van der Waals surface area contributed by atoms with Gasteiger partial charge in [-0.15, -0.1) is 0 Å². The number of nitrogens with two attached hydrogens (primary N) is 1. The van der Waals surface area contributed by atoms with Crippen LogP contribution in [0.1, 0.15) is 5.56 Å². The quantitative estimate of drug-likeness (QED) is 0.774. The number of hydrogen-bond donors (Lipinski definition) is 2. The lowest BCUT2D eigenvalue weighted by atomic mass is 9.99. The van der Waals surface area contributed by atoms with Crippen molar-refractivity contribution in [2.24, 2.45) is 0 Å². The number of pyridine rings is 1. The Kier molecular flexibility index (Phi) is 3.54. The molecule has 0 aliphatic rings. The average molecular weight is 281 g/mol. The van der Waals surface area contributed by atoms with Crippen molar-refractivity contribution < 1.29 is 4.39 Å². The molecule has 0 atom stereocenters. The molecular weight excluding hydrogens is 265 g/mol. The molecule has 2 aromatic carbocycles. The minimum absolute atomic E-state index is 0.248. The Balaban J connectivity index is 2.18. The van der Waals surface area contributed by atoms with Crippen LogP contribution in [0, 0.1) is 5.82 Å². The van der Waals surface area contributed by atoms with Gasteiger partial charge in [0.2, 0.25) is 0 Å². The number of halogens is 1. The molecular formula is C17H16FN3. The van der Waals surface area contributed by atoms with Crippen LogP contribution in [-0.2, 0) is 6.54 Å². The molecule has 0 bridgehead atoms. The second-order valence-corrected chi connectivity index (χ2v) is 4.97. The van der Waals surface area contributed by atoms with E-state index in [4.69, 9.17) is 5.73 Å². The molecule has 0 spiro atoms. The molecule has 0 unspecified atom stereocenters. The van der Waals surface area contributed by atoms with Crippen LogP contribution in [0.15, 0.2) is 48.7 Å². The molecule has 1 aromatic heterocycles. The monoisotopic (exact) mass is 281 g/mol. The van der Waals surface area contributed by atoms with E-state index in [0.717, 1.165) is 34.0 Å². The fraction of sp³-hybridized carbons (Fsp3) is 0.118. The maximum atomic E-state index is 13.4. The average Bonchev–Trinajstić information content (AvgIpc) is 2.50. The molecule has 106 valence electrons. The third-order valence-electron chi connectivity index (χ3n) is 3.53. The second-order valence-electron chi connectivity index (χ2n) is 4.97. The summed E-state index contributed by atoms with van der Waals surface area (Å²) >= 11 is 0. The Morgan fingerprint density at radius 3 is 2.67 bits per heavy atom. The van der Waals surface area contributed by atoms with Crippen LogP contribution in [0.25, 0.3) is 21.9 Å². The van der Waals surface area contributed by atoms with E-state index in [-0.39, 0.29) is 5.82 Å². The van der Waals surface area contributed by atoms with Gasteiger partial charge in [0.25, 0.3) is 0 Å². The van der Waals surface area contributed by atoms with Gasteiger partial charge in [0.05, 0.1) is 0 Å². The number of hydrogen-bond acceptors (Lipinski definition) is 3. The number of nitrogen functional groups attached to an aromatic ring is 1. The lowest BCUT2D eigenvalue weighted by Gasteiger charge is -2.10. The van der Waals surface area contributed by atoms with Gasteiger partial charge in [-0.2, -0.15) is 0 Å². The van der Waals surface area contributed by atoms with E-state index in [2.05, 4.69) is 10.3 Å². The number of nitrogens with one attached hydrogen (secondary N) is 1. The predicted octanol–water partition coefficient (Wildman–Crippen LogP) is 3.34. The smallest absolute Gasteiger partial charge is 0.131 e. The van der Waals surface area contributed by atoms with E-state index < -0.39 is 0 Å². The summed E-state index contributed by atoms with van der Waals surface area (Å²) in [6.07, 6.45) is 1.79. The number of anilines is 1. The van der Waals surface area contributed by atoms with Crippen molar-refractivity contribution in [3.05, 3.63) is 60.0 Å². The van der Waals surface area contributed by atoms with E-state index >= 15 is 0 Å². The molecule has 0 radical (unpaired) electrons. The van der Waals surface area contributed by atoms with Crippen molar-refractivity contribution in [1.82, 2.24) is 10.3 Å². The maximum Gasteiger partial charge on any atom is 0.131 e. The molecule has 3 aromatic rings. The summed E-state index contributed by atoms with van der Waals surface area (Å²) in [6, 6.07) is 12.5. The number of fused-ring (bicyclic) bond motifs is 1. The van der Waals surface area contributed by atoms with Gasteiger partial charge in [-0.1, -0.05) is 24.3 Å². The molecule has 21 heavy (non-hydrogen) atoms. The number of aromatic nitrogens is 1. The molecule has 1 heterocycles. The van der Waals surface area contributed by atoms with Crippen LogP contribution in [0.3, 0.4) is 0 Å². The predicted molar refractivity (Wildman–Crippen MR) is 84.3 cm³/mol. The third kappa shape index (κ3) is 2.58. The van der Waals surface area contributed by atoms with Crippen LogP contribution >= 0.6 is 0 Å². The van der Waals surface area contributed by atoms with Crippen LogP contribution in [-0.4, -0.2) is 12.0 Å². The molecule has 3 N–H and O–H groups in total. The highest BCUT2D eigenvalue weighted by molar-refractivity contribution is 5.96. The normalized spacial score (nSPS) is 11.0. The first-order valence-corrected chi connectivity index (χ1v) is 6.76. The lowest BCUT2D eigenvalue weighted by molar-refractivity contribution is 0.628. The molecule has 0 aliphatic heterocycles. The summed E-state index contributed by atoms with van der Waals surface area (Å²) < 4.78 is 13.4. The van der Waals surface area contributed by atoms with Crippen LogP contribution in [0.2, 0.25) is 0 Å². The number of benzene rings is 2. The van der Waals surface area contributed by atoms with Crippen molar-refractivity contribution in [2.75, 3.05) is 12.8 Å². The van der Waals surface area contributed by atoms with Gasteiger partial charge >= 0.3 is 0 Å². The zero-order chi connectivity index (χ0) is 14.8. The van der Waals surface area contributed by atoms with E-state index in [0.29, 0.717) is 5.82 Å². The summed E-state index contributed by atoms with van der Waals surface area (Å²) in [6.45, 7) is 0.725. The first-order valence-electron chi connectivity index (χ1n) is 6.76. The van der Waals surface area contributed by atoms with Gasteiger partial charge in [0.15, 0.2) is 0 Å². The zero-order valence-corrected chi connectivity index (χ0v) is 11.7. The highest BCUT2D eigenvalue weighted by Crippen LogP contribution is 2.29. The molecule has 3 nitrogen and oxygen atoms in total. The van der Waals surface area contributed by atoms with Gasteiger partial charge in [-0.3, -0.25) is 0 Å². The van der Waals surface area contributed by atoms with E-state index in [1.54, 1.807) is 12.3 Å². The second kappa shape index (κ2) is 5.50. The van der Waals surface area contributed by atoms with Gasteiger partial charge in [0, 0.05) is 18.1 Å². The van der Waals surface area contributed by atoms with E-state index in [1.807, 2.05) is 31.3 Å². The zero-order valence-electron chi connectivity index (χ0n) is 11.7. The highest BCUT2D eigenvalue weighted by atomic mass is 19.1. The fourth-order valence-corrected chi connectivity index (χ4v) is 2.50. The minimum atomic E-state index is -0.248. The maximum absolute atomic E-state index is 13.4. The molecule has 0 fully saturated rings. The summed E-state index contributed by atoms with van der Waals surface area (Å²) in [4.78, 5) is 4.24. The van der Waals surface area contributed by atoms with Crippen molar-refractivity contribution >= 4 is 16.6 Å². The minimum Gasteiger partial charge on any atom is -0.383 e. The van der Waals surface area contributed by atoms with Crippen molar-refractivity contribution in [3.63, 3.8) is 0 Å². The Bertz CT molecular complexity index is 799. The Labute approximate surface area is 122 Å². The third-order valence-corrected chi connectivity index (χ3v) is 3.53. The molecule has 0 saturated carbocycles. The summed E-state index contributed by atoms with van der Waals surface area (Å²) in [5.74, 6) is 0.241. The topological polar surface area (TPSA) is 50.9 Å². The Morgan fingerprint density at radius 2 is 1.90 bits per heavy atom. The summed E-state index contributed by atoms with van der Waals surface area (Å²) in [7, 11) is 1.89. The van der Waals surface area contributed by atoms with Crippen LogP contribution < -0.4 is 11.1 Å². The highest BCUT2D eigenvalue weighted by Gasteiger charge is 2.07. The van der Waals surface area contributed by atoms with Crippen molar-refractivity contribution in [1.29, 1.82) is 0 Å². The Morgan fingerprint density at radius 1 is 1.10 bits per heavy atom. The summed E-state index contributed by atoms with van der Waals surface area (Å²) in [5.41, 5.74) is 8.84. The van der Waals surface area contributed by atoms with E-state index in [9.17, 15) is 4.39 Å². The SMILES string of the molecule is CNCc1cnc(N)c2cc(-c3cccc(F)c3)ccc12. The fourth-order valence-electron chi connectivity index (χ4n) is 2.50. The van der Waals surface area contributed by atoms with Crippen LogP contribution in [0.5, 0.6) is 0 Å². The summed E-state index contributed by atoms with van der Waals surface area (Å²) in [5, 5.41) is 5.08. The molecule has 3 rings (SSSR count). The molecule has 0 saturated heterocycles. The largest absolute Gasteiger partial charge is 0.383 e. The van der Waals surface area contributed by atoms with Gasteiger partial charge in [-0.25, -0.2) is 9.37 Å². The number of nitrogens with zero attached hydrogens (tertiary/aromatic N) is 1. The first-order chi connectivity index (χ1) is 10.2. The van der Waals surface area contributed by atoms with E-state index in [1.165, 1.54) is 12.1 Å². The Hall–Kier alpha value is -2.46. The van der Waals surface area contributed by atoms with Gasteiger partial charge in [-0.05, 0) is 47.3 Å². The van der Waals surface area contributed by atoms with Gasteiger partial charge in [0.1, 0.15) is 11.6 Å². The number of rotatable bonds is 3. The molecule has 4 heteroatoms. The van der Waals surface area contributed by atoms with Crippen LogP contribution in [0.4, 0.5) is 10.2 Å². The lowest BCUT2D eigenvalue weighted by Crippen LogP contribution is -2.07.